The number of fused-ring (bicyclic) bond motifs is 1. The van der Waals surface area contributed by atoms with Gasteiger partial charge >= 0.3 is 6.18 Å². The average molecular weight is 343 g/mol. The second-order valence-corrected chi connectivity index (χ2v) is 5.39. The minimum atomic E-state index is -4.57. The summed E-state index contributed by atoms with van der Waals surface area (Å²) < 4.78 is 58.4. The maximum absolute atomic E-state index is 15.3. The summed E-state index contributed by atoms with van der Waals surface area (Å²) in [4.78, 5) is 9.06. The molecule has 2 aliphatic heterocycles. The molecule has 128 valence electrons. The lowest BCUT2D eigenvalue weighted by atomic mass is 10.0. The molecule has 0 aromatic carbocycles. The molecule has 24 heavy (non-hydrogen) atoms. The van der Waals surface area contributed by atoms with Crippen LogP contribution in [0, 0.1) is 0 Å². The number of azo groups is 1. The highest BCUT2D eigenvalue weighted by molar-refractivity contribution is 6.08. The van der Waals surface area contributed by atoms with E-state index < -0.39 is 18.1 Å². The van der Waals surface area contributed by atoms with Crippen molar-refractivity contribution in [3.63, 3.8) is 0 Å². The van der Waals surface area contributed by atoms with Crippen molar-refractivity contribution in [2.75, 3.05) is 6.67 Å². The number of rotatable bonds is 3. The van der Waals surface area contributed by atoms with Gasteiger partial charge in [0, 0.05) is 6.20 Å². The summed E-state index contributed by atoms with van der Waals surface area (Å²) in [5.74, 6) is -2.20. The summed E-state index contributed by atoms with van der Waals surface area (Å²) in [6.07, 6.45) is -4.09. The molecule has 3 heterocycles. The van der Waals surface area contributed by atoms with Gasteiger partial charge in [0.25, 0.3) is 0 Å². The average Bonchev–Trinajstić information content (AvgIpc) is 2.97. The topological polar surface area (TPSA) is 62.4 Å². The van der Waals surface area contributed by atoms with Crippen LogP contribution in [0.15, 0.2) is 45.6 Å². The van der Waals surface area contributed by atoms with E-state index in [1.165, 1.54) is 36.4 Å². The quantitative estimate of drug-likeness (QED) is 0.624. The second kappa shape index (κ2) is 5.53. The van der Waals surface area contributed by atoms with E-state index in [-0.39, 0.29) is 29.6 Å². The summed E-state index contributed by atoms with van der Waals surface area (Å²) >= 11 is 0. The van der Waals surface area contributed by atoms with Gasteiger partial charge in [-0.2, -0.15) is 18.3 Å². The SMILES string of the molecule is C[C@@H](Oc1ncccc1C1=NC=C2N=NCN2C1(C)F)C(F)(F)F. The molecule has 2 atom stereocenters. The van der Waals surface area contributed by atoms with E-state index in [2.05, 4.69) is 20.2 Å². The molecule has 0 bridgehead atoms. The Hall–Kier alpha value is -2.52. The summed E-state index contributed by atoms with van der Waals surface area (Å²) in [6, 6.07) is 2.88. The standard InChI is InChI=1S/C14H13F4N5O/c1-8(14(16,17)18)24-12-9(4-3-5-19-12)11-13(2,15)23-7-21-22-10(23)6-20-11/h3-6,8H,7H2,1-2H3/t8-,13?/m1/s1. The Balaban J connectivity index is 2.00. The number of halogens is 4. The molecule has 3 rings (SSSR count). The number of pyridine rings is 1. The van der Waals surface area contributed by atoms with Crippen LogP contribution in [0.25, 0.3) is 0 Å². The van der Waals surface area contributed by atoms with Crippen molar-refractivity contribution in [3.8, 4) is 5.88 Å². The normalized spacial score (nSPS) is 24.3. The third-order valence-corrected chi connectivity index (χ3v) is 3.68. The highest BCUT2D eigenvalue weighted by atomic mass is 19.4. The Morgan fingerprint density at radius 3 is 2.83 bits per heavy atom. The van der Waals surface area contributed by atoms with Gasteiger partial charge in [-0.15, -0.1) is 5.11 Å². The number of hydrogen-bond acceptors (Lipinski definition) is 6. The monoisotopic (exact) mass is 343 g/mol. The fraction of sp³-hybridized carbons (Fsp3) is 0.429. The second-order valence-electron chi connectivity index (χ2n) is 5.39. The molecule has 10 heteroatoms. The van der Waals surface area contributed by atoms with E-state index in [1.54, 1.807) is 0 Å². The first-order valence-corrected chi connectivity index (χ1v) is 7.02. The number of aliphatic imine (C=N–C) groups is 1. The van der Waals surface area contributed by atoms with E-state index in [0.717, 1.165) is 6.92 Å². The Labute approximate surface area is 134 Å². The van der Waals surface area contributed by atoms with E-state index in [1.807, 2.05) is 0 Å². The molecule has 6 nitrogen and oxygen atoms in total. The molecule has 1 aromatic rings. The fourth-order valence-corrected chi connectivity index (χ4v) is 2.32. The molecular formula is C14H13F4N5O. The molecule has 1 aromatic heterocycles. The van der Waals surface area contributed by atoms with Crippen LogP contribution in [0.3, 0.4) is 0 Å². The minimum Gasteiger partial charge on any atom is -0.465 e. The molecule has 1 unspecified atom stereocenters. The number of ether oxygens (including phenoxy) is 1. The first-order valence-electron chi connectivity index (χ1n) is 7.02. The van der Waals surface area contributed by atoms with Crippen LogP contribution in [-0.2, 0) is 0 Å². The lowest BCUT2D eigenvalue weighted by Crippen LogP contribution is -2.49. The molecule has 2 aliphatic rings. The predicted molar refractivity (Wildman–Crippen MR) is 76.1 cm³/mol. The van der Waals surface area contributed by atoms with E-state index in [9.17, 15) is 13.2 Å². The summed E-state index contributed by atoms with van der Waals surface area (Å²) in [5, 5.41) is 7.48. The van der Waals surface area contributed by atoms with E-state index in [0.29, 0.717) is 0 Å². The van der Waals surface area contributed by atoms with Gasteiger partial charge < -0.3 is 4.74 Å². The molecule has 0 N–H and O–H groups in total. The molecule has 0 saturated carbocycles. The van der Waals surface area contributed by atoms with Crippen LogP contribution < -0.4 is 4.74 Å². The van der Waals surface area contributed by atoms with Crippen molar-refractivity contribution in [1.29, 1.82) is 0 Å². The van der Waals surface area contributed by atoms with Crippen molar-refractivity contribution in [2.24, 2.45) is 15.2 Å². The van der Waals surface area contributed by atoms with Crippen LogP contribution in [-0.4, -0.2) is 40.3 Å². The Kier molecular flexibility index (Phi) is 3.77. The van der Waals surface area contributed by atoms with Crippen LogP contribution >= 0.6 is 0 Å². The predicted octanol–water partition coefficient (Wildman–Crippen LogP) is 3.42. The molecular weight excluding hydrogens is 330 g/mol. The summed E-state index contributed by atoms with van der Waals surface area (Å²) in [7, 11) is 0. The zero-order chi connectivity index (χ0) is 17.5. The van der Waals surface area contributed by atoms with Gasteiger partial charge in [0.05, 0.1) is 11.8 Å². The van der Waals surface area contributed by atoms with Crippen molar-refractivity contribution in [3.05, 3.63) is 35.9 Å². The van der Waals surface area contributed by atoms with Crippen LogP contribution in [0.1, 0.15) is 19.4 Å². The van der Waals surface area contributed by atoms with Gasteiger partial charge in [0.2, 0.25) is 11.7 Å². The van der Waals surface area contributed by atoms with Crippen LogP contribution in [0.5, 0.6) is 5.88 Å². The zero-order valence-corrected chi connectivity index (χ0v) is 12.8. The minimum absolute atomic E-state index is 0.00669. The Morgan fingerprint density at radius 1 is 1.38 bits per heavy atom. The molecule has 0 fully saturated rings. The molecule has 0 spiro atoms. The Morgan fingerprint density at radius 2 is 2.12 bits per heavy atom. The molecule has 0 saturated heterocycles. The van der Waals surface area contributed by atoms with Crippen LogP contribution in [0.2, 0.25) is 0 Å². The lowest BCUT2D eigenvalue weighted by molar-refractivity contribution is -0.190. The largest absolute Gasteiger partial charge is 0.465 e. The van der Waals surface area contributed by atoms with E-state index in [4.69, 9.17) is 4.74 Å². The highest BCUT2D eigenvalue weighted by Gasteiger charge is 2.45. The fourth-order valence-electron chi connectivity index (χ4n) is 2.32. The maximum Gasteiger partial charge on any atom is 0.425 e. The number of alkyl halides is 4. The van der Waals surface area contributed by atoms with Gasteiger partial charge in [0.15, 0.2) is 11.9 Å². The Bertz CT molecular complexity index is 741. The van der Waals surface area contributed by atoms with Gasteiger partial charge in [0.1, 0.15) is 12.4 Å². The van der Waals surface area contributed by atoms with Gasteiger partial charge in [-0.3, -0.25) is 9.89 Å². The van der Waals surface area contributed by atoms with Gasteiger partial charge in [-0.25, -0.2) is 9.37 Å². The first-order chi connectivity index (χ1) is 11.2. The van der Waals surface area contributed by atoms with Crippen molar-refractivity contribution >= 4 is 5.71 Å². The number of hydrogen-bond donors (Lipinski definition) is 0. The summed E-state index contributed by atoms with van der Waals surface area (Å²) in [5.41, 5.74) is -0.0724. The molecule has 0 amide bonds. The number of nitrogens with zero attached hydrogens (tertiary/aromatic N) is 5. The highest BCUT2D eigenvalue weighted by Crippen LogP contribution is 2.36. The number of aromatic nitrogens is 1. The first kappa shape index (κ1) is 16.3. The van der Waals surface area contributed by atoms with Gasteiger partial charge in [-0.1, -0.05) is 0 Å². The van der Waals surface area contributed by atoms with E-state index >= 15 is 4.39 Å². The molecule has 0 radical (unpaired) electrons. The molecule has 0 aliphatic carbocycles. The van der Waals surface area contributed by atoms with Crippen molar-refractivity contribution in [2.45, 2.75) is 31.9 Å². The van der Waals surface area contributed by atoms with Crippen molar-refractivity contribution < 1.29 is 22.3 Å². The maximum atomic E-state index is 15.3. The van der Waals surface area contributed by atoms with Crippen molar-refractivity contribution in [1.82, 2.24) is 9.88 Å². The zero-order valence-electron chi connectivity index (χ0n) is 12.8. The lowest BCUT2D eigenvalue weighted by Gasteiger charge is -2.35. The summed E-state index contributed by atoms with van der Waals surface area (Å²) in [6.45, 7) is 2.08. The van der Waals surface area contributed by atoms with Gasteiger partial charge in [-0.05, 0) is 26.0 Å². The smallest absolute Gasteiger partial charge is 0.425 e. The third kappa shape index (κ3) is 2.72. The third-order valence-electron chi connectivity index (χ3n) is 3.68. The van der Waals surface area contributed by atoms with Crippen LogP contribution in [0.4, 0.5) is 17.6 Å².